The van der Waals surface area contributed by atoms with Crippen molar-refractivity contribution in [3.8, 4) is 0 Å². The zero-order valence-electron chi connectivity index (χ0n) is 13.1. The molecule has 1 rings (SSSR count). The molecular formula is C16H31NO2. The van der Waals surface area contributed by atoms with E-state index in [2.05, 4.69) is 33.0 Å². The first-order chi connectivity index (χ1) is 8.91. The third-order valence-corrected chi connectivity index (χ3v) is 3.84. The van der Waals surface area contributed by atoms with Gasteiger partial charge in [-0.05, 0) is 45.6 Å². The van der Waals surface area contributed by atoms with Crippen LogP contribution in [-0.2, 0) is 9.53 Å². The molecule has 3 heteroatoms. The minimum absolute atomic E-state index is 0.0124. The van der Waals surface area contributed by atoms with E-state index in [0.717, 1.165) is 25.8 Å². The monoisotopic (exact) mass is 269 g/mol. The Balaban J connectivity index is 2.23. The van der Waals surface area contributed by atoms with Crippen molar-refractivity contribution in [2.24, 2.45) is 11.8 Å². The maximum atomic E-state index is 12.0. The van der Waals surface area contributed by atoms with Crippen LogP contribution in [0.1, 0.15) is 66.2 Å². The van der Waals surface area contributed by atoms with E-state index in [4.69, 9.17) is 4.74 Å². The Hall–Kier alpha value is -0.570. The lowest BCUT2D eigenvalue weighted by molar-refractivity contribution is -0.151. The highest BCUT2D eigenvalue weighted by Crippen LogP contribution is 2.24. The number of hydrogen-bond acceptors (Lipinski definition) is 3. The summed E-state index contributed by atoms with van der Waals surface area (Å²) in [7, 11) is 0. The van der Waals surface area contributed by atoms with Crippen LogP contribution in [0.15, 0.2) is 0 Å². The summed E-state index contributed by atoms with van der Waals surface area (Å²) in [5, 5.41) is 3.47. The summed E-state index contributed by atoms with van der Waals surface area (Å²) in [5.41, 5.74) is -0.126. The first-order valence-electron chi connectivity index (χ1n) is 7.82. The van der Waals surface area contributed by atoms with Crippen molar-refractivity contribution in [1.29, 1.82) is 0 Å². The third-order valence-electron chi connectivity index (χ3n) is 3.84. The number of ether oxygens (including phenoxy) is 1. The van der Waals surface area contributed by atoms with Crippen molar-refractivity contribution in [3.05, 3.63) is 0 Å². The number of rotatable bonds is 7. The molecule has 0 atom stereocenters. The van der Waals surface area contributed by atoms with Gasteiger partial charge in [-0.1, -0.05) is 33.1 Å². The van der Waals surface area contributed by atoms with Crippen LogP contribution >= 0.6 is 0 Å². The molecule has 3 nitrogen and oxygen atoms in total. The Morgan fingerprint density at radius 2 is 1.89 bits per heavy atom. The molecule has 0 aliphatic heterocycles. The Kier molecular flexibility index (Phi) is 6.84. The lowest BCUT2D eigenvalue weighted by Crippen LogP contribution is -2.45. The topological polar surface area (TPSA) is 38.3 Å². The summed E-state index contributed by atoms with van der Waals surface area (Å²) in [6.45, 7) is 10.1. The van der Waals surface area contributed by atoms with Crippen LogP contribution in [0.2, 0.25) is 0 Å². The molecule has 1 aliphatic carbocycles. The zero-order valence-corrected chi connectivity index (χ0v) is 13.1. The van der Waals surface area contributed by atoms with E-state index >= 15 is 0 Å². The molecule has 112 valence electrons. The number of carbonyl (C=O) groups excluding carboxylic acids is 1. The normalized spacial score (nSPS) is 17.7. The van der Waals surface area contributed by atoms with Crippen molar-refractivity contribution in [3.63, 3.8) is 0 Å². The van der Waals surface area contributed by atoms with Gasteiger partial charge < -0.3 is 10.1 Å². The Morgan fingerprint density at radius 1 is 1.26 bits per heavy atom. The van der Waals surface area contributed by atoms with E-state index < -0.39 is 0 Å². The number of esters is 1. The summed E-state index contributed by atoms with van der Waals surface area (Å²) < 4.78 is 5.50. The average molecular weight is 269 g/mol. The summed E-state index contributed by atoms with van der Waals surface area (Å²) in [5.74, 6) is 0.867. The highest BCUT2D eigenvalue weighted by molar-refractivity contribution is 5.72. The van der Waals surface area contributed by atoms with Gasteiger partial charge in [-0.2, -0.15) is 0 Å². The average Bonchev–Trinajstić information content (AvgIpc) is 2.36. The molecule has 0 heterocycles. The second-order valence-electron chi connectivity index (χ2n) is 6.94. The Labute approximate surface area is 118 Å². The second kappa shape index (κ2) is 7.88. The van der Waals surface area contributed by atoms with Crippen LogP contribution in [-0.4, -0.2) is 24.7 Å². The molecule has 19 heavy (non-hydrogen) atoms. The molecule has 0 bridgehead atoms. The predicted octanol–water partition coefficient (Wildman–Crippen LogP) is 3.52. The first kappa shape index (κ1) is 16.5. The van der Waals surface area contributed by atoms with Gasteiger partial charge in [-0.15, -0.1) is 0 Å². The quantitative estimate of drug-likeness (QED) is 0.719. The van der Waals surface area contributed by atoms with Gasteiger partial charge in [0.05, 0.1) is 5.92 Å². The van der Waals surface area contributed by atoms with Gasteiger partial charge in [0.25, 0.3) is 0 Å². The van der Waals surface area contributed by atoms with E-state index in [1.165, 1.54) is 19.3 Å². The van der Waals surface area contributed by atoms with E-state index in [9.17, 15) is 4.79 Å². The Bertz CT molecular complexity index is 268. The van der Waals surface area contributed by atoms with Gasteiger partial charge in [0.15, 0.2) is 0 Å². The number of nitrogens with one attached hydrogen (secondary N) is 1. The van der Waals surface area contributed by atoms with Crippen molar-refractivity contribution in [2.75, 3.05) is 13.2 Å². The van der Waals surface area contributed by atoms with Gasteiger partial charge in [0, 0.05) is 5.54 Å². The summed E-state index contributed by atoms with van der Waals surface area (Å²) in [6, 6.07) is 0. The molecule has 0 amide bonds. The fraction of sp³-hybridized carbons (Fsp3) is 0.938. The van der Waals surface area contributed by atoms with Crippen molar-refractivity contribution < 1.29 is 9.53 Å². The number of hydrogen-bond donors (Lipinski definition) is 1. The van der Waals surface area contributed by atoms with Crippen molar-refractivity contribution in [2.45, 2.75) is 71.8 Å². The SMILES string of the molecule is CC(C)CCNC(C)(C)COC(=O)C1CCCCC1. The molecule has 1 N–H and O–H groups in total. The fourth-order valence-corrected chi connectivity index (χ4v) is 2.46. The smallest absolute Gasteiger partial charge is 0.308 e. The van der Waals surface area contributed by atoms with E-state index in [0.29, 0.717) is 12.5 Å². The summed E-state index contributed by atoms with van der Waals surface area (Å²) in [6.07, 6.45) is 6.80. The molecule has 0 unspecified atom stereocenters. The fourth-order valence-electron chi connectivity index (χ4n) is 2.46. The van der Waals surface area contributed by atoms with E-state index in [1.54, 1.807) is 0 Å². The highest BCUT2D eigenvalue weighted by atomic mass is 16.5. The van der Waals surface area contributed by atoms with Crippen LogP contribution in [0.3, 0.4) is 0 Å². The van der Waals surface area contributed by atoms with E-state index in [1.807, 2.05) is 0 Å². The molecule has 0 radical (unpaired) electrons. The highest BCUT2D eigenvalue weighted by Gasteiger charge is 2.25. The molecule has 0 aromatic carbocycles. The minimum atomic E-state index is -0.126. The van der Waals surface area contributed by atoms with Crippen LogP contribution in [0.5, 0.6) is 0 Å². The van der Waals surface area contributed by atoms with Crippen LogP contribution in [0.4, 0.5) is 0 Å². The molecule has 1 saturated carbocycles. The zero-order chi connectivity index (χ0) is 14.3. The van der Waals surface area contributed by atoms with Gasteiger partial charge in [0.1, 0.15) is 6.61 Å². The second-order valence-corrected chi connectivity index (χ2v) is 6.94. The van der Waals surface area contributed by atoms with Crippen LogP contribution < -0.4 is 5.32 Å². The summed E-state index contributed by atoms with van der Waals surface area (Å²) >= 11 is 0. The molecular weight excluding hydrogens is 238 g/mol. The van der Waals surface area contributed by atoms with Crippen LogP contribution in [0.25, 0.3) is 0 Å². The van der Waals surface area contributed by atoms with Gasteiger partial charge >= 0.3 is 5.97 Å². The number of carbonyl (C=O) groups is 1. The lowest BCUT2D eigenvalue weighted by Gasteiger charge is -2.28. The van der Waals surface area contributed by atoms with Crippen molar-refractivity contribution in [1.82, 2.24) is 5.32 Å². The lowest BCUT2D eigenvalue weighted by atomic mass is 9.89. The first-order valence-corrected chi connectivity index (χ1v) is 7.82. The van der Waals surface area contributed by atoms with Gasteiger partial charge in [0.2, 0.25) is 0 Å². The van der Waals surface area contributed by atoms with Gasteiger partial charge in [-0.3, -0.25) is 4.79 Å². The minimum Gasteiger partial charge on any atom is -0.464 e. The maximum Gasteiger partial charge on any atom is 0.308 e. The molecule has 0 spiro atoms. The standard InChI is InChI=1S/C16H31NO2/c1-13(2)10-11-17-16(3,4)12-19-15(18)14-8-6-5-7-9-14/h13-14,17H,5-12H2,1-4H3. The molecule has 0 saturated heterocycles. The molecule has 1 fully saturated rings. The third kappa shape index (κ3) is 6.95. The predicted molar refractivity (Wildman–Crippen MR) is 79.1 cm³/mol. The van der Waals surface area contributed by atoms with Crippen molar-refractivity contribution >= 4 is 5.97 Å². The Morgan fingerprint density at radius 3 is 2.47 bits per heavy atom. The van der Waals surface area contributed by atoms with Gasteiger partial charge in [-0.25, -0.2) is 0 Å². The summed E-state index contributed by atoms with van der Waals surface area (Å²) in [4.78, 5) is 12.0. The molecule has 0 aromatic rings. The largest absolute Gasteiger partial charge is 0.464 e. The van der Waals surface area contributed by atoms with Crippen LogP contribution in [0, 0.1) is 11.8 Å². The maximum absolute atomic E-state index is 12.0. The molecule has 1 aliphatic rings. The van der Waals surface area contributed by atoms with E-state index in [-0.39, 0.29) is 17.4 Å². The molecule has 0 aromatic heterocycles.